The van der Waals surface area contributed by atoms with Crippen molar-refractivity contribution in [2.24, 2.45) is 5.92 Å². The molecule has 1 heterocycles. The van der Waals surface area contributed by atoms with Gasteiger partial charge in [-0.05, 0) is 25.7 Å². The van der Waals surface area contributed by atoms with E-state index in [2.05, 4.69) is 17.6 Å². The number of ether oxygens (including phenoxy) is 1. The first-order valence-electron chi connectivity index (χ1n) is 11.8. The molecule has 0 saturated carbocycles. The average Bonchev–Trinajstić information content (AvgIpc) is 3.13. The predicted molar refractivity (Wildman–Crippen MR) is 122 cm³/mol. The van der Waals surface area contributed by atoms with Crippen LogP contribution in [0.2, 0.25) is 0 Å². The molecule has 0 aromatic carbocycles. The molecule has 0 radical (unpaired) electrons. The van der Waals surface area contributed by atoms with E-state index in [1.807, 2.05) is 13.8 Å². The van der Waals surface area contributed by atoms with E-state index in [0.717, 1.165) is 19.3 Å². The number of hydrogen-bond donors (Lipinski definition) is 2. The van der Waals surface area contributed by atoms with Gasteiger partial charge in [-0.3, -0.25) is 13.8 Å². The third-order valence-electron chi connectivity index (χ3n) is 5.09. The highest BCUT2D eigenvalue weighted by Crippen LogP contribution is 2.20. The first-order valence-corrected chi connectivity index (χ1v) is 12.8. The molecule has 10 heteroatoms. The van der Waals surface area contributed by atoms with E-state index in [1.54, 1.807) is 6.92 Å². The maximum absolute atomic E-state index is 12.7. The molecule has 1 aliphatic rings. The van der Waals surface area contributed by atoms with E-state index in [4.69, 9.17) is 13.1 Å². The average molecular weight is 477 g/mol. The Labute approximate surface area is 194 Å². The van der Waals surface area contributed by atoms with E-state index in [-0.39, 0.29) is 18.4 Å². The van der Waals surface area contributed by atoms with E-state index in [9.17, 15) is 18.6 Å². The number of esters is 1. The van der Waals surface area contributed by atoms with Gasteiger partial charge in [0.15, 0.2) is 6.10 Å². The molecule has 0 bridgehead atoms. The van der Waals surface area contributed by atoms with Crippen LogP contribution in [0.3, 0.4) is 0 Å². The van der Waals surface area contributed by atoms with Crippen molar-refractivity contribution in [3.8, 4) is 0 Å². The molecule has 0 aliphatic carbocycles. The number of nitrogens with one attached hydrogen (secondary N) is 2. The van der Waals surface area contributed by atoms with Crippen LogP contribution in [0.5, 0.6) is 0 Å². The molecular weight excluding hydrogens is 436 g/mol. The lowest BCUT2D eigenvalue weighted by atomic mass is 10.0. The zero-order chi connectivity index (χ0) is 23.9. The Morgan fingerprint density at radius 1 is 0.938 bits per heavy atom. The van der Waals surface area contributed by atoms with Crippen LogP contribution in [0.25, 0.3) is 0 Å². The quantitative estimate of drug-likeness (QED) is 0.260. The standard InChI is InChI=1S/C22H40N2O7S/c1-5-7-8-9-10-11-12-13-14-23-20(25)17(15-16(3)4)24-21(26)18-19(22(27)29-6-2)31-32(28)30-18/h16-19H,5-15H2,1-4H3,(H,23,25)(H,24,26)/t17-,18-,19-,32?/m0/s1. The zero-order valence-electron chi connectivity index (χ0n) is 19.9. The van der Waals surface area contributed by atoms with Gasteiger partial charge in [-0.25, -0.2) is 8.98 Å². The van der Waals surface area contributed by atoms with Crippen molar-refractivity contribution in [1.29, 1.82) is 0 Å². The molecular formula is C22H40N2O7S. The number of unbranched alkanes of at least 4 members (excludes halogenated alkanes) is 7. The molecule has 1 saturated heterocycles. The first-order chi connectivity index (χ1) is 15.3. The van der Waals surface area contributed by atoms with Crippen LogP contribution in [0.15, 0.2) is 0 Å². The summed E-state index contributed by atoms with van der Waals surface area (Å²) in [5.74, 6) is -1.72. The second kappa shape index (κ2) is 16.1. The van der Waals surface area contributed by atoms with Crippen LogP contribution < -0.4 is 10.6 Å². The molecule has 1 unspecified atom stereocenters. The molecule has 0 aromatic rings. The first kappa shape index (κ1) is 28.5. The minimum Gasteiger partial charge on any atom is -0.464 e. The van der Waals surface area contributed by atoms with Gasteiger partial charge in [0.25, 0.3) is 5.91 Å². The van der Waals surface area contributed by atoms with E-state index < -0.39 is 41.5 Å². The maximum Gasteiger partial charge on any atom is 0.340 e. The summed E-state index contributed by atoms with van der Waals surface area (Å²) in [7, 11) is 0. The summed E-state index contributed by atoms with van der Waals surface area (Å²) in [6.45, 7) is 8.31. The fourth-order valence-corrected chi connectivity index (χ4v) is 4.16. The third kappa shape index (κ3) is 10.9. The summed E-state index contributed by atoms with van der Waals surface area (Å²) in [6.07, 6.45) is 6.89. The lowest BCUT2D eigenvalue weighted by molar-refractivity contribution is -0.155. The normalized spacial score (nSPS) is 21.3. The molecule has 1 aliphatic heterocycles. The largest absolute Gasteiger partial charge is 0.464 e. The van der Waals surface area contributed by atoms with Gasteiger partial charge in [0.2, 0.25) is 12.0 Å². The summed E-state index contributed by atoms with van der Waals surface area (Å²) < 4.78 is 26.3. The van der Waals surface area contributed by atoms with Crippen LogP contribution in [-0.4, -0.2) is 53.4 Å². The van der Waals surface area contributed by atoms with Crippen LogP contribution in [0, 0.1) is 5.92 Å². The Morgan fingerprint density at radius 3 is 2.12 bits per heavy atom. The summed E-state index contributed by atoms with van der Waals surface area (Å²) >= 11 is -2.24. The van der Waals surface area contributed by atoms with E-state index in [1.165, 1.54) is 32.1 Å². The van der Waals surface area contributed by atoms with Crippen molar-refractivity contribution in [1.82, 2.24) is 10.6 Å². The molecule has 1 rings (SSSR count). The molecule has 0 aromatic heterocycles. The summed E-state index contributed by atoms with van der Waals surface area (Å²) in [6, 6.07) is -0.794. The highest BCUT2D eigenvalue weighted by atomic mass is 32.2. The predicted octanol–water partition coefficient (Wildman–Crippen LogP) is 2.70. The molecule has 2 amide bonds. The Bertz CT molecular complexity index is 615. The van der Waals surface area contributed by atoms with Gasteiger partial charge in [-0.15, -0.1) is 0 Å². The van der Waals surface area contributed by atoms with E-state index >= 15 is 0 Å². The van der Waals surface area contributed by atoms with Crippen molar-refractivity contribution in [3.05, 3.63) is 0 Å². The number of hydrogen-bond acceptors (Lipinski definition) is 7. The fraction of sp³-hybridized carbons (Fsp3) is 0.864. The van der Waals surface area contributed by atoms with Gasteiger partial charge in [0, 0.05) is 6.54 Å². The van der Waals surface area contributed by atoms with Crippen LogP contribution in [0.1, 0.15) is 85.5 Å². The van der Waals surface area contributed by atoms with Gasteiger partial charge in [-0.1, -0.05) is 65.7 Å². The number of rotatable bonds is 16. The molecule has 0 spiro atoms. The number of carbonyl (C=O) groups is 3. The van der Waals surface area contributed by atoms with Gasteiger partial charge in [-0.2, -0.15) is 4.21 Å². The van der Waals surface area contributed by atoms with Crippen molar-refractivity contribution >= 4 is 29.1 Å². The summed E-state index contributed by atoms with van der Waals surface area (Å²) in [5, 5.41) is 5.50. The van der Waals surface area contributed by atoms with Crippen molar-refractivity contribution < 1.29 is 31.7 Å². The van der Waals surface area contributed by atoms with Gasteiger partial charge < -0.3 is 15.4 Å². The van der Waals surface area contributed by atoms with Crippen LogP contribution in [-0.2, 0) is 38.8 Å². The Morgan fingerprint density at radius 2 is 1.53 bits per heavy atom. The maximum atomic E-state index is 12.7. The second-order valence-electron chi connectivity index (χ2n) is 8.45. The van der Waals surface area contributed by atoms with Crippen molar-refractivity contribution in [2.45, 2.75) is 104 Å². The summed E-state index contributed by atoms with van der Waals surface area (Å²) in [5.41, 5.74) is 0. The Balaban J connectivity index is 2.51. The zero-order valence-corrected chi connectivity index (χ0v) is 20.7. The fourth-order valence-electron chi connectivity index (χ4n) is 3.41. The van der Waals surface area contributed by atoms with Gasteiger partial charge >= 0.3 is 17.3 Å². The monoisotopic (exact) mass is 476 g/mol. The number of amides is 2. The third-order valence-corrected chi connectivity index (χ3v) is 5.82. The molecule has 2 N–H and O–H groups in total. The number of carbonyl (C=O) groups excluding carboxylic acids is 3. The Hall–Kier alpha value is -1.52. The molecule has 186 valence electrons. The topological polar surface area (TPSA) is 120 Å². The van der Waals surface area contributed by atoms with Gasteiger partial charge in [0.05, 0.1) is 6.61 Å². The Kier molecular flexibility index (Phi) is 14.4. The highest BCUT2D eigenvalue weighted by molar-refractivity contribution is 7.75. The minimum absolute atomic E-state index is 0.0801. The second-order valence-corrected chi connectivity index (χ2v) is 9.24. The van der Waals surface area contributed by atoms with Crippen LogP contribution in [0.4, 0.5) is 0 Å². The van der Waals surface area contributed by atoms with Crippen molar-refractivity contribution in [3.63, 3.8) is 0 Å². The molecule has 1 fully saturated rings. The smallest absolute Gasteiger partial charge is 0.340 e. The molecule has 32 heavy (non-hydrogen) atoms. The van der Waals surface area contributed by atoms with Crippen LogP contribution >= 0.6 is 0 Å². The van der Waals surface area contributed by atoms with Crippen molar-refractivity contribution in [2.75, 3.05) is 13.2 Å². The minimum atomic E-state index is -2.24. The lowest BCUT2D eigenvalue weighted by Gasteiger charge is -2.22. The highest BCUT2D eigenvalue weighted by Gasteiger charge is 2.47. The summed E-state index contributed by atoms with van der Waals surface area (Å²) in [4.78, 5) is 37.3. The van der Waals surface area contributed by atoms with E-state index in [0.29, 0.717) is 13.0 Å². The SMILES string of the molecule is CCCCCCCCCCNC(=O)[C@H](CC(C)C)NC(=O)[C@H]1OS(=O)O[C@@H]1C(=O)OCC. The molecule has 4 atom stereocenters. The molecule has 9 nitrogen and oxygen atoms in total. The lowest BCUT2D eigenvalue weighted by Crippen LogP contribution is -2.53. The van der Waals surface area contributed by atoms with Gasteiger partial charge in [0.1, 0.15) is 6.04 Å².